The van der Waals surface area contributed by atoms with Gasteiger partial charge in [0.2, 0.25) is 0 Å². The molecule has 0 radical (unpaired) electrons. The van der Waals surface area contributed by atoms with E-state index < -0.39 is 0 Å². The zero-order valence-electron chi connectivity index (χ0n) is 10.9. The molecule has 0 saturated carbocycles. The summed E-state index contributed by atoms with van der Waals surface area (Å²) in [7, 11) is 1.94. The van der Waals surface area contributed by atoms with E-state index in [1.807, 2.05) is 18.7 Å². The number of aliphatic hydroxyl groups is 1. The van der Waals surface area contributed by atoms with Gasteiger partial charge in [-0.3, -0.25) is 4.68 Å². The second kappa shape index (κ2) is 7.42. The number of aromatic nitrogens is 2. The fraction of sp³-hybridized carbons (Fsp3) is 0.750. The molecule has 1 unspecified atom stereocenters. The lowest BCUT2D eigenvalue weighted by Gasteiger charge is -2.12. The highest BCUT2D eigenvalue weighted by molar-refractivity contribution is 5.19. The Hall–Kier alpha value is -0.910. The van der Waals surface area contributed by atoms with Gasteiger partial charge in [0.15, 0.2) is 0 Å². The van der Waals surface area contributed by atoms with E-state index in [-0.39, 0.29) is 6.61 Å². The second-order valence-electron chi connectivity index (χ2n) is 4.21. The number of rotatable bonds is 8. The van der Waals surface area contributed by atoms with Crippen LogP contribution in [0.2, 0.25) is 0 Å². The lowest BCUT2D eigenvalue weighted by molar-refractivity contribution is 0.0904. The van der Waals surface area contributed by atoms with Gasteiger partial charge in [-0.1, -0.05) is 0 Å². The lowest BCUT2D eigenvalue weighted by Crippen LogP contribution is -2.21. The van der Waals surface area contributed by atoms with Gasteiger partial charge < -0.3 is 15.2 Å². The zero-order valence-corrected chi connectivity index (χ0v) is 10.9. The van der Waals surface area contributed by atoms with Crippen molar-refractivity contribution in [3.63, 3.8) is 0 Å². The highest BCUT2D eigenvalue weighted by Crippen LogP contribution is 2.14. The first-order valence-electron chi connectivity index (χ1n) is 6.07. The molecule has 0 bridgehead atoms. The van der Waals surface area contributed by atoms with Crippen molar-refractivity contribution in [2.45, 2.75) is 26.3 Å². The minimum Gasteiger partial charge on any atom is -0.394 e. The van der Waals surface area contributed by atoms with Crippen LogP contribution >= 0.6 is 0 Å². The van der Waals surface area contributed by atoms with Gasteiger partial charge in [-0.05, 0) is 26.8 Å². The van der Waals surface area contributed by atoms with Crippen LogP contribution in [-0.4, -0.2) is 41.3 Å². The van der Waals surface area contributed by atoms with E-state index in [0.29, 0.717) is 19.3 Å². The highest BCUT2D eigenvalue weighted by atomic mass is 16.5. The summed E-state index contributed by atoms with van der Waals surface area (Å²) in [6.45, 7) is 6.28. The van der Waals surface area contributed by atoms with E-state index in [4.69, 9.17) is 9.84 Å². The average Bonchev–Trinajstić information content (AvgIpc) is 2.62. The maximum Gasteiger partial charge on any atom is 0.0697 e. The van der Waals surface area contributed by atoms with Gasteiger partial charge in [-0.25, -0.2) is 0 Å². The maximum absolute atomic E-state index is 8.54. The van der Waals surface area contributed by atoms with E-state index in [2.05, 4.69) is 23.5 Å². The fourth-order valence-electron chi connectivity index (χ4n) is 1.81. The van der Waals surface area contributed by atoms with Crippen LogP contribution in [0, 0.1) is 6.92 Å². The Balaban J connectivity index is 2.21. The Labute approximate surface area is 103 Å². The van der Waals surface area contributed by atoms with E-state index in [1.54, 1.807) is 0 Å². The van der Waals surface area contributed by atoms with Crippen LogP contribution in [0.1, 0.15) is 30.6 Å². The Bertz CT molecular complexity index is 326. The molecule has 0 fully saturated rings. The largest absolute Gasteiger partial charge is 0.394 e. The van der Waals surface area contributed by atoms with Gasteiger partial charge in [0, 0.05) is 31.5 Å². The molecule has 1 heterocycles. The van der Waals surface area contributed by atoms with Crippen molar-refractivity contribution in [2.75, 3.05) is 26.4 Å². The summed E-state index contributed by atoms with van der Waals surface area (Å²) in [6.07, 6.45) is 3.00. The Morgan fingerprint density at radius 2 is 2.29 bits per heavy atom. The SMILES string of the molecule is Cc1nn(C)cc1C(C)NCCCOCCO. The van der Waals surface area contributed by atoms with Gasteiger partial charge in [-0.15, -0.1) is 0 Å². The molecule has 0 aromatic carbocycles. The molecular weight excluding hydrogens is 218 g/mol. The number of hydrogen-bond donors (Lipinski definition) is 2. The summed E-state index contributed by atoms with van der Waals surface area (Å²) in [5.41, 5.74) is 2.31. The summed E-state index contributed by atoms with van der Waals surface area (Å²) in [4.78, 5) is 0. The molecule has 1 atom stereocenters. The van der Waals surface area contributed by atoms with Crippen LogP contribution in [-0.2, 0) is 11.8 Å². The minimum absolute atomic E-state index is 0.0959. The third-order valence-electron chi connectivity index (χ3n) is 2.67. The molecular formula is C12H23N3O2. The van der Waals surface area contributed by atoms with Crippen molar-refractivity contribution in [1.82, 2.24) is 15.1 Å². The van der Waals surface area contributed by atoms with Crippen LogP contribution in [0.4, 0.5) is 0 Å². The standard InChI is InChI=1S/C12H23N3O2/c1-10(12-9-15(3)14-11(12)2)13-5-4-7-17-8-6-16/h9-10,13,16H,4-8H2,1-3H3. The zero-order chi connectivity index (χ0) is 12.7. The van der Waals surface area contributed by atoms with Crippen LogP contribution in [0.25, 0.3) is 0 Å². The van der Waals surface area contributed by atoms with Crippen LogP contribution in [0.15, 0.2) is 6.20 Å². The number of nitrogens with zero attached hydrogens (tertiary/aromatic N) is 2. The van der Waals surface area contributed by atoms with Gasteiger partial charge >= 0.3 is 0 Å². The number of hydrogen-bond acceptors (Lipinski definition) is 4. The molecule has 1 aromatic rings. The van der Waals surface area contributed by atoms with Gasteiger partial charge in [-0.2, -0.15) is 5.10 Å². The lowest BCUT2D eigenvalue weighted by atomic mass is 10.1. The second-order valence-corrected chi connectivity index (χ2v) is 4.21. The molecule has 5 nitrogen and oxygen atoms in total. The van der Waals surface area contributed by atoms with Crippen molar-refractivity contribution in [1.29, 1.82) is 0 Å². The van der Waals surface area contributed by atoms with Gasteiger partial charge in [0.25, 0.3) is 0 Å². The van der Waals surface area contributed by atoms with Crippen LogP contribution in [0.3, 0.4) is 0 Å². The molecule has 0 spiro atoms. The van der Waals surface area contributed by atoms with Crippen molar-refractivity contribution < 1.29 is 9.84 Å². The van der Waals surface area contributed by atoms with E-state index in [1.165, 1.54) is 5.56 Å². The predicted molar refractivity (Wildman–Crippen MR) is 66.9 cm³/mol. The highest BCUT2D eigenvalue weighted by Gasteiger charge is 2.10. The Morgan fingerprint density at radius 1 is 1.53 bits per heavy atom. The van der Waals surface area contributed by atoms with Gasteiger partial charge in [0.1, 0.15) is 0 Å². The number of ether oxygens (including phenoxy) is 1. The quantitative estimate of drug-likeness (QED) is 0.660. The molecule has 1 rings (SSSR count). The van der Waals surface area contributed by atoms with E-state index in [0.717, 1.165) is 18.7 Å². The summed E-state index contributed by atoms with van der Waals surface area (Å²) in [5.74, 6) is 0. The molecule has 0 saturated heterocycles. The van der Waals surface area contributed by atoms with E-state index >= 15 is 0 Å². The summed E-state index contributed by atoms with van der Waals surface area (Å²) in [6, 6.07) is 0.307. The molecule has 0 amide bonds. The number of aliphatic hydroxyl groups excluding tert-OH is 1. The molecule has 1 aromatic heterocycles. The Kier molecular flexibility index (Phi) is 6.18. The Morgan fingerprint density at radius 3 is 2.88 bits per heavy atom. The van der Waals surface area contributed by atoms with Crippen LogP contribution in [0.5, 0.6) is 0 Å². The summed E-state index contributed by atoms with van der Waals surface area (Å²) >= 11 is 0. The summed E-state index contributed by atoms with van der Waals surface area (Å²) in [5, 5.41) is 16.3. The topological polar surface area (TPSA) is 59.3 Å². The molecule has 0 aliphatic carbocycles. The van der Waals surface area contributed by atoms with E-state index in [9.17, 15) is 0 Å². The van der Waals surface area contributed by atoms with Crippen molar-refractivity contribution in [2.24, 2.45) is 7.05 Å². The first-order chi connectivity index (χ1) is 8.15. The fourth-order valence-corrected chi connectivity index (χ4v) is 1.81. The first-order valence-corrected chi connectivity index (χ1v) is 6.07. The van der Waals surface area contributed by atoms with Crippen molar-refractivity contribution >= 4 is 0 Å². The molecule has 5 heteroatoms. The smallest absolute Gasteiger partial charge is 0.0697 e. The average molecular weight is 241 g/mol. The molecule has 2 N–H and O–H groups in total. The molecule has 98 valence electrons. The monoisotopic (exact) mass is 241 g/mol. The third-order valence-corrected chi connectivity index (χ3v) is 2.67. The van der Waals surface area contributed by atoms with Crippen molar-refractivity contribution in [3.05, 3.63) is 17.5 Å². The minimum atomic E-state index is 0.0959. The maximum atomic E-state index is 8.54. The number of aryl methyl sites for hydroxylation is 2. The molecule has 0 aliphatic rings. The predicted octanol–water partition coefficient (Wildman–Crippen LogP) is 0.778. The summed E-state index contributed by atoms with van der Waals surface area (Å²) < 4.78 is 7.03. The normalized spacial score (nSPS) is 12.9. The van der Waals surface area contributed by atoms with Crippen molar-refractivity contribution in [3.8, 4) is 0 Å². The first kappa shape index (κ1) is 14.2. The molecule has 0 aliphatic heterocycles. The third kappa shape index (κ3) is 4.85. The van der Waals surface area contributed by atoms with Gasteiger partial charge in [0.05, 0.1) is 18.9 Å². The number of nitrogens with one attached hydrogen (secondary N) is 1. The van der Waals surface area contributed by atoms with Crippen LogP contribution < -0.4 is 5.32 Å². The molecule has 17 heavy (non-hydrogen) atoms.